The molecule has 3 rings (SSSR count). The molecule has 0 aliphatic rings. The molecule has 0 saturated carbocycles. The first kappa shape index (κ1) is 22.1. The molecular weight excluding hydrogens is 392 g/mol. The molecule has 162 valence electrons. The van der Waals surface area contributed by atoms with E-state index in [1.54, 1.807) is 32.6 Å². The molecule has 2 N–H and O–H groups in total. The van der Waals surface area contributed by atoms with Gasteiger partial charge in [0.05, 0.1) is 12.8 Å². The number of ether oxygens (including phenoxy) is 1. The van der Waals surface area contributed by atoms with Crippen LogP contribution in [0.5, 0.6) is 5.75 Å². The zero-order valence-electron chi connectivity index (χ0n) is 18.5. The fourth-order valence-corrected chi connectivity index (χ4v) is 3.26. The number of nitrogens with zero attached hydrogens (tertiary/aromatic N) is 4. The van der Waals surface area contributed by atoms with E-state index in [9.17, 15) is 4.79 Å². The molecule has 2 aromatic heterocycles. The minimum atomic E-state index is -0.134. The predicted molar refractivity (Wildman–Crippen MR) is 120 cm³/mol. The third kappa shape index (κ3) is 5.33. The fraction of sp³-hybridized carbons (Fsp3) is 0.348. The molecule has 31 heavy (non-hydrogen) atoms. The Kier molecular flexibility index (Phi) is 7.12. The number of amides is 1. The van der Waals surface area contributed by atoms with Crippen LogP contribution < -0.4 is 15.4 Å². The summed E-state index contributed by atoms with van der Waals surface area (Å²) >= 11 is 0. The number of hydrogen-bond donors (Lipinski definition) is 2. The van der Waals surface area contributed by atoms with Crippen molar-refractivity contribution < 1.29 is 9.53 Å². The lowest BCUT2D eigenvalue weighted by Gasteiger charge is -2.23. The molecule has 1 amide bonds. The number of rotatable bonds is 8. The SMILES string of the molecule is CNC(=O)c1ccc(C(C)C(C)CNc2cc(-c3cnc(C)nc3)ncn2)c(OC)c1. The maximum absolute atomic E-state index is 11.9. The summed E-state index contributed by atoms with van der Waals surface area (Å²) in [5.41, 5.74) is 3.25. The highest BCUT2D eigenvalue weighted by Gasteiger charge is 2.20. The molecular formula is C23H28N6O2. The monoisotopic (exact) mass is 420 g/mol. The summed E-state index contributed by atoms with van der Waals surface area (Å²) in [6, 6.07) is 7.47. The molecule has 0 saturated heterocycles. The highest BCUT2D eigenvalue weighted by Crippen LogP contribution is 2.32. The van der Waals surface area contributed by atoms with Crippen LogP contribution in [0.2, 0.25) is 0 Å². The topological polar surface area (TPSA) is 102 Å². The van der Waals surface area contributed by atoms with Gasteiger partial charge in [-0.15, -0.1) is 0 Å². The highest BCUT2D eigenvalue weighted by molar-refractivity contribution is 5.94. The Morgan fingerprint density at radius 2 is 1.84 bits per heavy atom. The Bertz CT molecular complexity index is 1040. The van der Waals surface area contributed by atoms with Gasteiger partial charge in [-0.25, -0.2) is 19.9 Å². The van der Waals surface area contributed by atoms with Gasteiger partial charge in [-0.3, -0.25) is 4.79 Å². The molecule has 3 aromatic rings. The van der Waals surface area contributed by atoms with E-state index >= 15 is 0 Å². The third-order valence-corrected chi connectivity index (χ3v) is 5.42. The van der Waals surface area contributed by atoms with Gasteiger partial charge in [0.25, 0.3) is 5.91 Å². The first-order valence-electron chi connectivity index (χ1n) is 10.2. The van der Waals surface area contributed by atoms with Crippen molar-refractivity contribution in [2.75, 3.05) is 26.0 Å². The second-order valence-corrected chi connectivity index (χ2v) is 7.49. The van der Waals surface area contributed by atoms with Crippen LogP contribution in [0.3, 0.4) is 0 Å². The van der Waals surface area contributed by atoms with Crippen molar-refractivity contribution in [2.24, 2.45) is 5.92 Å². The minimum Gasteiger partial charge on any atom is -0.496 e. The number of aromatic nitrogens is 4. The van der Waals surface area contributed by atoms with Gasteiger partial charge in [-0.2, -0.15) is 0 Å². The van der Waals surface area contributed by atoms with E-state index in [2.05, 4.69) is 44.4 Å². The fourth-order valence-electron chi connectivity index (χ4n) is 3.26. The van der Waals surface area contributed by atoms with Crippen molar-refractivity contribution >= 4 is 11.7 Å². The number of methoxy groups -OCH3 is 1. The summed E-state index contributed by atoms with van der Waals surface area (Å²) in [6.45, 7) is 6.88. The van der Waals surface area contributed by atoms with Gasteiger partial charge in [-0.1, -0.05) is 19.9 Å². The van der Waals surface area contributed by atoms with Gasteiger partial charge in [-0.05, 0) is 36.5 Å². The van der Waals surface area contributed by atoms with Crippen molar-refractivity contribution in [3.8, 4) is 17.0 Å². The lowest BCUT2D eigenvalue weighted by molar-refractivity contribution is 0.0962. The molecule has 0 spiro atoms. The molecule has 0 aliphatic carbocycles. The average Bonchev–Trinajstić information content (AvgIpc) is 2.81. The smallest absolute Gasteiger partial charge is 0.251 e. The third-order valence-electron chi connectivity index (χ3n) is 5.42. The summed E-state index contributed by atoms with van der Waals surface area (Å²) in [5.74, 6) is 2.52. The second kappa shape index (κ2) is 9.97. The molecule has 0 bridgehead atoms. The summed E-state index contributed by atoms with van der Waals surface area (Å²) in [6.07, 6.45) is 5.05. The van der Waals surface area contributed by atoms with E-state index in [0.29, 0.717) is 17.9 Å². The molecule has 0 aliphatic heterocycles. The van der Waals surface area contributed by atoms with Gasteiger partial charge in [0.2, 0.25) is 0 Å². The molecule has 2 unspecified atom stereocenters. The number of carbonyl (C=O) groups excluding carboxylic acids is 1. The van der Waals surface area contributed by atoms with Crippen LogP contribution in [0, 0.1) is 12.8 Å². The average molecular weight is 421 g/mol. The number of hydrogen-bond acceptors (Lipinski definition) is 7. The predicted octanol–water partition coefficient (Wildman–Crippen LogP) is 3.46. The molecule has 2 atom stereocenters. The zero-order chi connectivity index (χ0) is 22.4. The van der Waals surface area contributed by atoms with Gasteiger partial charge < -0.3 is 15.4 Å². The normalized spacial score (nSPS) is 12.7. The lowest BCUT2D eigenvalue weighted by atomic mass is 9.87. The van der Waals surface area contributed by atoms with E-state index in [1.165, 1.54) is 6.33 Å². The van der Waals surface area contributed by atoms with Crippen LogP contribution in [0.25, 0.3) is 11.3 Å². The summed E-state index contributed by atoms with van der Waals surface area (Å²) in [7, 11) is 3.24. The van der Waals surface area contributed by atoms with Crippen molar-refractivity contribution in [1.29, 1.82) is 0 Å². The Labute approximate surface area is 182 Å². The van der Waals surface area contributed by atoms with E-state index in [1.807, 2.05) is 25.1 Å². The molecule has 8 nitrogen and oxygen atoms in total. The minimum absolute atomic E-state index is 0.134. The van der Waals surface area contributed by atoms with Gasteiger partial charge in [0.15, 0.2) is 0 Å². The highest BCUT2D eigenvalue weighted by atomic mass is 16.5. The maximum Gasteiger partial charge on any atom is 0.251 e. The molecule has 0 fully saturated rings. The largest absolute Gasteiger partial charge is 0.496 e. The first-order chi connectivity index (χ1) is 14.9. The lowest BCUT2D eigenvalue weighted by Crippen LogP contribution is -2.20. The van der Waals surface area contributed by atoms with E-state index in [-0.39, 0.29) is 17.7 Å². The van der Waals surface area contributed by atoms with Crippen LogP contribution in [0.15, 0.2) is 43.0 Å². The zero-order valence-corrected chi connectivity index (χ0v) is 18.5. The summed E-state index contributed by atoms with van der Waals surface area (Å²) in [5, 5.41) is 6.03. The van der Waals surface area contributed by atoms with Crippen LogP contribution in [-0.4, -0.2) is 46.5 Å². The molecule has 0 radical (unpaired) electrons. The molecule has 2 heterocycles. The Morgan fingerprint density at radius 3 is 2.52 bits per heavy atom. The summed E-state index contributed by atoms with van der Waals surface area (Å²) < 4.78 is 5.55. The van der Waals surface area contributed by atoms with Crippen LogP contribution in [0.4, 0.5) is 5.82 Å². The number of nitrogens with one attached hydrogen (secondary N) is 2. The molecule has 1 aromatic carbocycles. The quantitative estimate of drug-likeness (QED) is 0.575. The number of carbonyl (C=O) groups is 1. The molecule has 8 heteroatoms. The standard InChI is InChI=1S/C23H28N6O2/c1-14(15(2)19-7-6-17(23(30)24-4)8-21(19)31-5)10-27-22-9-20(28-13-29-22)18-11-25-16(3)26-12-18/h6-9,11-15H,10H2,1-5H3,(H,24,30)(H,27,28,29). The Balaban J connectivity index is 1.69. The van der Waals surface area contributed by atoms with Crippen molar-refractivity contribution in [2.45, 2.75) is 26.7 Å². The number of aryl methyl sites for hydroxylation is 1. The van der Waals surface area contributed by atoms with E-state index in [0.717, 1.165) is 28.5 Å². The van der Waals surface area contributed by atoms with E-state index in [4.69, 9.17) is 4.74 Å². The van der Waals surface area contributed by atoms with Crippen molar-refractivity contribution in [1.82, 2.24) is 25.3 Å². The number of benzene rings is 1. The van der Waals surface area contributed by atoms with Gasteiger partial charge in [0, 0.05) is 43.2 Å². The first-order valence-corrected chi connectivity index (χ1v) is 10.2. The van der Waals surface area contributed by atoms with Crippen LogP contribution >= 0.6 is 0 Å². The Hall–Kier alpha value is -3.55. The van der Waals surface area contributed by atoms with Gasteiger partial charge >= 0.3 is 0 Å². The van der Waals surface area contributed by atoms with Crippen molar-refractivity contribution in [3.63, 3.8) is 0 Å². The van der Waals surface area contributed by atoms with Crippen LogP contribution in [-0.2, 0) is 0 Å². The second-order valence-electron chi connectivity index (χ2n) is 7.49. The summed E-state index contributed by atoms with van der Waals surface area (Å²) in [4.78, 5) is 29.0. The van der Waals surface area contributed by atoms with Crippen molar-refractivity contribution in [3.05, 3.63) is 59.9 Å². The van der Waals surface area contributed by atoms with Gasteiger partial charge in [0.1, 0.15) is 23.7 Å². The van der Waals surface area contributed by atoms with E-state index < -0.39 is 0 Å². The maximum atomic E-state index is 11.9. The Morgan fingerprint density at radius 1 is 1.10 bits per heavy atom. The number of anilines is 1. The van der Waals surface area contributed by atoms with Crippen LogP contribution in [0.1, 0.15) is 41.5 Å².